The van der Waals surface area contributed by atoms with Crippen molar-refractivity contribution in [1.82, 2.24) is 5.32 Å². The highest BCUT2D eigenvalue weighted by molar-refractivity contribution is 5.76. The summed E-state index contributed by atoms with van der Waals surface area (Å²) in [4.78, 5) is 12.1. The Morgan fingerprint density at radius 1 is 0.889 bits per heavy atom. The molecule has 27 heavy (non-hydrogen) atoms. The molecule has 2 aromatic rings. The quantitative estimate of drug-likeness (QED) is 0.730. The van der Waals surface area contributed by atoms with Gasteiger partial charge in [-0.2, -0.15) is 0 Å². The summed E-state index contributed by atoms with van der Waals surface area (Å²) in [6.45, 7) is 4.73. The van der Waals surface area contributed by atoms with Gasteiger partial charge in [0.2, 0.25) is 5.91 Å². The molecule has 0 aliphatic rings. The van der Waals surface area contributed by atoms with Crippen LogP contribution >= 0.6 is 0 Å². The molecular formula is C21H27NO5. The number of aryl methyl sites for hydroxylation is 2. The molecule has 2 aromatic carbocycles. The highest BCUT2D eigenvalue weighted by atomic mass is 16.5. The Morgan fingerprint density at radius 3 is 2.19 bits per heavy atom. The lowest BCUT2D eigenvalue weighted by Gasteiger charge is -2.14. The van der Waals surface area contributed by atoms with Gasteiger partial charge in [-0.15, -0.1) is 0 Å². The number of hydrogen-bond acceptors (Lipinski definition) is 5. The van der Waals surface area contributed by atoms with E-state index in [1.54, 1.807) is 33.5 Å². The van der Waals surface area contributed by atoms with Gasteiger partial charge in [0, 0.05) is 18.2 Å². The van der Waals surface area contributed by atoms with Gasteiger partial charge < -0.3 is 24.3 Å². The summed E-state index contributed by atoms with van der Waals surface area (Å²) in [5.74, 6) is 2.45. The first kappa shape index (κ1) is 20.4. The normalized spacial score (nSPS) is 10.3. The maximum atomic E-state index is 12.1. The van der Waals surface area contributed by atoms with Gasteiger partial charge in [0.15, 0.2) is 11.5 Å². The molecule has 0 spiro atoms. The van der Waals surface area contributed by atoms with Crippen molar-refractivity contribution in [2.45, 2.75) is 26.8 Å². The predicted octanol–water partition coefficient (Wildman–Crippen LogP) is 3.41. The Hall–Kier alpha value is -2.89. The second kappa shape index (κ2) is 9.71. The van der Waals surface area contributed by atoms with Crippen LogP contribution in [0.4, 0.5) is 0 Å². The van der Waals surface area contributed by atoms with E-state index in [1.807, 2.05) is 25.1 Å². The molecule has 1 N–H and O–H groups in total. The van der Waals surface area contributed by atoms with Crippen LogP contribution in [0.3, 0.4) is 0 Å². The number of nitrogens with one attached hydrogen (secondary N) is 1. The first-order chi connectivity index (χ1) is 13.0. The van der Waals surface area contributed by atoms with Gasteiger partial charge in [0.1, 0.15) is 11.5 Å². The van der Waals surface area contributed by atoms with Crippen LogP contribution in [0.2, 0.25) is 0 Å². The number of amides is 1. The van der Waals surface area contributed by atoms with Gasteiger partial charge in [-0.05, 0) is 43.2 Å². The van der Waals surface area contributed by atoms with Gasteiger partial charge in [-0.3, -0.25) is 4.79 Å². The van der Waals surface area contributed by atoms with Crippen molar-refractivity contribution < 1.29 is 23.7 Å². The first-order valence-electron chi connectivity index (χ1n) is 8.74. The van der Waals surface area contributed by atoms with Crippen LogP contribution in [0.5, 0.6) is 23.0 Å². The Kier molecular flexibility index (Phi) is 7.34. The lowest BCUT2D eigenvalue weighted by molar-refractivity contribution is -0.121. The number of benzene rings is 2. The molecule has 6 nitrogen and oxygen atoms in total. The fourth-order valence-corrected chi connectivity index (χ4v) is 2.58. The van der Waals surface area contributed by atoms with Gasteiger partial charge in [0.25, 0.3) is 0 Å². The molecule has 0 radical (unpaired) electrons. The van der Waals surface area contributed by atoms with Crippen molar-refractivity contribution in [3.8, 4) is 23.0 Å². The third-order valence-electron chi connectivity index (χ3n) is 4.34. The van der Waals surface area contributed by atoms with Crippen LogP contribution in [-0.2, 0) is 11.3 Å². The van der Waals surface area contributed by atoms with Gasteiger partial charge in [-0.1, -0.05) is 6.07 Å². The van der Waals surface area contributed by atoms with E-state index in [9.17, 15) is 4.79 Å². The van der Waals surface area contributed by atoms with Crippen LogP contribution < -0.4 is 24.3 Å². The van der Waals surface area contributed by atoms with E-state index >= 15 is 0 Å². The molecule has 6 heteroatoms. The lowest BCUT2D eigenvalue weighted by atomic mass is 10.1. The van der Waals surface area contributed by atoms with Crippen molar-refractivity contribution in [2.24, 2.45) is 0 Å². The van der Waals surface area contributed by atoms with Crippen LogP contribution in [0.1, 0.15) is 23.1 Å². The molecule has 0 aliphatic heterocycles. The Balaban J connectivity index is 1.88. The average Bonchev–Trinajstić information content (AvgIpc) is 2.68. The van der Waals surface area contributed by atoms with Crippen molar-refractivity contribution in [1.29, 1.82) is 0 Å². The molecule has 0 fully saturated rings. The van der Waals surface area contributed by atoms with E-state index in [-0.39, 0.29) is 12.3 Å². The molecule has 0 bridgehead atoms. The number of hydrogen-bond donors (Lipinski definition) is 1. The Bertz CT molecular complexity index is 788. The molecule has 1 amide bonds. The van der Waals surface area contributed by atoms with Crippen molar-refractivity contribution >= 4 is 5.91 Å². The highest BCUT2D eigenvalue weighted by Gasteiger charge is 2.12. The van der Waals surface area contributed by atoms with E-state index in [1.165, 1.54) is 5.56 Å². The van der Waals surface area contributed by atoms with E-state index in [0.717, 1.165) is 16.9 Å². The van der Waals surface area contributed by atoms with Crippen molar-refractivity contribution in [3.05, 3.63) is 47.0 Å². The number of ether oxygens (including phenoxy) is 4. The van der Waals surface area contributed by atoms with E-state index in [2.05, 4.69) is 12.2 Å². The first-order valence-corrected chi connectivity index (χ1v) is 8.74. The van der Waals surface area contributed by atoms with Crippen LogP contribution in [0, 0.1) is 13.8 Å². The summed E-state index contributed by atoms with van der Waals surface area (Å²) in [6, 6.07) is 9.43. The molecule has 0 heterocycles. The summed E-state index contributed by atoms with van der Waals surface area (Å²) >= 11 is 0. The van der Waals surface area contributed by atoms with Crippen molar-refractivity contribution in [3.63, 3.8) is 0 Å². The molecule has 0 aromatic heterocycles. The van der Waals surface area contributed by atoms with E-state index in [0.29, 0.717) is 30.4 Å². The maximum Gasteiger partial charge on any atom is 0.223 e. The van der Waals surface area contributed by atoms with E-state index in [4.69, 9.17) is 18.9 Å². The molecule has 0 atom stereocenters. The lowest BCUT2D eigenvalue weighted by Crippen LogP contribution is -2.24. The SMILES string of the molecule is COc1cc(OC)c(OC)cc1CNC(=O)CCOc1ccc(C)c(C)c1. The smallest absolute Gasteiger partial charge is 0.223 e. The highest BCUT2D eigenvalue weighted by Crippen LogP contribution is 2.34. The zero-order chi connectivity index (χ0) is 19.8. The number of carbonyl (C=O) groups excluding carboxylic acids is 1. The van der Waals surface area contributed by atoms with Gasteiger partial charge in [0.05, 0.1) is 34.4 Å². The van der Waals surface area contributed by atoms with E-state index < -0.39 is 0 Å². The minimum absolute atomic E-state index is 0.101. The minimum atomic E-state index is -0.101. The number of carbonyl (C=O) groups is 1. The Morgan fingerprint density at radius 2 is 1.56 bits per heavy atom. The summed E-state index contributed by atoms with van der Waals surface area (Å²) in [5, 5.41) is 2.87. The molecule has 146 valence electrons. The van der Waals surface area contributed by atoms with Crippen LogP contribution in [0.25, 0.3) is 0 Å². The zero-order valence-electron chi connectivity index (χ0n) is 16.5. The topological polar surface area (TPSA) is 66.0 Å². The zero-order valence-corrected chi connectivity index (χ0v) is 16.5. The number of rotatable bonds is 9. The van der Waals surface area contributed by atoms with Crippen LogP contribution in [0.15, 0.2) is 30.3 Å². The average molecular weight is 373 g/mol. The second-order valence-corrected chi connectivity index (χ2v) is 6.14. The Labute approximate surface area is 160 Å². The largest absolute Gasteiger partial charge is 0.496 e. The minimum Gasteiger partial charge on any atom is -0.496 e. The third kappa shape index (κ3) is 5.54. The predicted molar refractivity (Wildman–Crippen MR) is 104 cm³/mol. The third-order valence-corrected chi connectivity index (χ3v) is 4.34. The summed E-state index contributed by atoms with van der Waals surface area (Å²) in [6.07, 6.45) is 0.266. The molecule has 2 rings (SSSR count). The maximum absolute atomic E-state index is 12.1. The molecule has 0 saturated heterocycles. The number of methoxy groups -OCH3 is 3. The second-order valence-electron chi connectivity index (χ2n) is 6.14. The molecule has 0 saturated carbocycles. The summed E-state index contributed by atoms with van der Waals surface area (Å²) in [7, 11) is 4.70. The monoisotopic (exact) mass is 373 g/mol. The fourth-order valence-electron chi connectivity index (χ4n) is 2.58. The summed E-state index contributed by atoms with van der Waals surface area (Å²) in [5.41, 5.74) is 3.18. The van der Waals surface area contributed by atoms with Gasteiger partial charge >= 0.3 is 0 Å². The standard InChI is InChI=1S/C21H27NO5/c1-14-6-7-17(10-15(14)2)27-9-8-21(23)22-13-16-11-19(25-4)20(26-5)12-18(16)24-3/h6-7,10-12H,8-9,13H2,1-5H3,(H,22,23). The summed E-state index contributed by atoms with van der Waals surface area (Å²) < 4.78 is 21.6. The van der Waals surface area contributed by atoms with Gasteiger partial charge in [-0.25, -0.2) is 0 Å². The molecule has 0 unspecified atom stereocenters. The molecule has 0 aliphatic carbocycles. The molecular weight excluding hydrogens is 346 g/mol. The van der Waals surface area contributed by atoms with Crippen LogP contribution in [-0.4, -0.2) is 33.8 Å². The van der Waals surface area contributed by atoms with Crippen molar-refractivity contribution in [2.75, 3.05) is 27.9 Å². The fraction of sp³-hybridized carbons (Fsp3) is 0.381.